The van der Waals surface area contributed by atoms with Crippen molar-refractivity contribution in [3.8, 4) is 5.75 Å². The molecule has 1 aromatic rings. The number of rotatable bonds is 8. The summed E-state index contributed by atoms with van der Waals surface area (Å²) in [5.74, 6) is 1.60. The predicted octanol–water partition coefficient (Wildman–Crippen LogP) is 3.01. The summed E-state index contributed by atoms with van der Waals surface area (Å²) in [5, 5.41) is 6.70. The molecule has 0 aliphatic carbocycles. The van der Waals surface area contributed by atoms with Crippen molar-refractivity contribution >= 4 is 30.7 Å². The molecule has 2 saturated heterocycles. The largest absolute Gasteiger partial charge is 0.492 e. The van der Waals surface area contributed by atoms with Crippen LogP contribution in [0.4, 0.5) is 0 Å². The Morgan fingerprint density at radius 1 is 1.15 bits per heavy atom. The minimum Gasteiger partial charge on any atom is -0.492 e. The van der Waals surface area contributed by atoms with E-state index in [4.69, 9.17) is 4.74 Å². The molecule has 1 aromatic carbocycles. The maximum absolute atomic E-state index is 12.2. The summed E-state index contributed by atoms with van der Waals surface area (Å²) >= 11 is 0. The van der Waals surface area contributed by atoms with Gasteiger partial charge in [-0.15, -0.1) is 24.8 Å². The molecule has 2 unspecified atom stereocenters. The van der Waals surface area contributed by atoms with Gasteiger partial charge in [0.05, 0.1) is 0 Å². The molecule has 2 bridgehead atoms. The molecule has 0 saturated carbocycles. The fraction of sp³-hybridized carbons (Fsp3) is 0.650. The molecule has 2 aliphatic heterocycles. The Bertz CT molecular complexity index is 557. The van der Waals surface area contributed by atoms with Crippen LogP contribution in [-0.4, -0.2) is 50.1 Å². The zero-order chi connectivity index (χ0) is 17.6. The van der Waals surface area contributed by atoms with Crippen molar-refractivity contribution in [2.75, 3.05) is 27.2 Å². The van der Waals surface area contributed by atoms with Crippen molar-refractivity contribution < 1.29 is 9.53 Å². The molecule has 7 heteroatoms. The highest BCUT2D eigenvalue weighted by atomic mass is 35.5. The Hall–Kier alpha value is -1.01. The van der Waals surface area contributed by atoms with E-state index in [2.05, 4.69) is 15.5 Å². The molecule has 2 atom stereocenters. The van der Waals surface area contributed by atoms with Crippen molar-refractivity contribution in [1.82, 2.24) is 15.5 Å². The number of nitrogens with one attached hydrogen (secondary N) is 2. The maximum atomic E-state index is 12.2. The summed E-state index contributed by atoms with van der Waals surface area (Å²) in [6.45, 7) is 2.17. The molecule has 2 heterocycles. The van der Waals surface area contributed by atoms with Crippen LogP contribution in [0.1, 0.15) is 37.7 Å². The van der Waals surface area contributed by atoms with Gasteiger partial charge in [0.2, 0.25) is 5.91 Å². The van der Waals surface area contributed by atoms with Gasteiger partial charge in [0.25, 0.3) is 0 Å². The van der Waals surface area contributed by atoms with Crippen LogP contribution in [0.25, 0.3) is 0 Å². The fourth-order valence-corrected chi connectivity index (χ4v) is 3.93. The lowest BCUT2D eigenvalue weighted by molar-refractivity contribution is -0.122. The molecule has 2 N–H and O–H groups in total. The quantitative estimate of drug-likeness (QED) is 0.682. The number of carbonyl (C=O) groups is 1. The van der Waals surface area contributed by atoms with Crippen LogP contribution in [0.3, 0.4) is 0 Å². The first-order valence-corrected chi connectivity index (χ1v) is 9.47. The summed E-state index contributed by atoms with van der Waals surface area (Å²) in [4.78, 5) is 14.3. The van der Waals surface area contributed by atoms with E-state index in [1.165, 1.54) is 12.8 Å². The second-order valence-corrected chi connectivity index (χ2v) is 7.75. The highest BCUT2D eigenvalue weighted by molar-refractivity contribution is 5.85. The lowest BCUT2D eigenvalue weighted by Crippen LogP contribution is -2.39. The molecule has 2 aliphatic rings. The molecule has 5 nitrogen and oxygen atoms in total. The van der Waals surface area contributed by atoms with Crippen LogP contribution >= 0.6 is 24.8 Å². The van der Waals surface area contributed by atoms with Gasteiger partial charge in [0, 0.05) is 31.6 Å². The van der Waals surface area contributed by atoms with Gasteiger partial charge in [0.15, 0.2) is 0 Å². The van der Waals surface area contributed by atoms with Gasteiger partial charge in [-0.2, -0.15) is 0 Å². The summed E-state index contributed by atoms with van der Waals surface area (Å²) in [5.41, 5.74) is 1.11. The monoisotopic (exact) mass is 417 g/mol. The van der Waals surface area contributed by atoms with Crippen molar-refractivity contribution in [2.24, 2.45) is 5.92 Å². The lowest BCUT2D eigenvalue weighted by Gasteiger charge is -2.28. The topological polar surface area (TPSA) is 53.6 Å². The standard InChI is InChI=1S/C20H31N3O2.2ClH/c1-23(2)9-10-25-19-7-3-15(4-8-19)14-21-20(24)13-16-11-17-5-6-18(12-16)22-17;;/h3-4,7-8,16-18,22H,5-6,9-14H2,1-2H3,(H,21,24);2*1H. The Morgan fingerprint density at radius 2 is 1.78 bits per heavy atom. The lowest BCUT2D eigenvalue weighted by atomic mass is 9.89. The molecule has 2 fully saturated rings. The first kappa shape index (κ1) is 24.0. The van der Waals surface area contributed by atoms with Crippen LogP contribution in [0.15, 0.2) is 24.3 Å². The number of nitrogens with zero attached hydrogens (tertiary/aromatic N) is 1. The molecule has 0 radical (unpaired) electrons. The molecule has 0 aromatic heterocycles. The minimum absolute atomic E-state index is 0. The first-order chi connectivity index (χ1) is 12.1. The SMILES string of the molecule is CN(C)CCOc1ccc(CNC(=O)CC2CC3CCC(C2)N3)cc1.Cl.Cl. The maximum Gasteiger partial charge on any atom is 0.220 e. The second-order valence-electron chi connectivity index (χ2n) is 7.75. The zero-order valence-corrected chi connectivity index (χ0v) is 17.9. The molecule has 0 spiro atoms. The normalized spacial score (nSPS) is 23.3. The van der Waals surface area contributed by atoms with Gasteiger partial charge in [-0.25, -0.2) is 0 Å². The molecular formula is C20H33Cl2N3O2. The van der Waals surface area contributed by atoms with Crippen molar-refractivity contribution in [1.29, 1.82) is 0 Å². The smallest absolute Gasteiger partial charge is 0.220 e. The Morgan fingerprint density at radius 3 is 2.37 bits per heavy atom. The van der Waals surface area contributed by atoms with Gasteiger partial charge in [-0.3, -0.25) is 4.79 Å². The summed E-state index contributed by atoms with van der Waals surface area (Å²) in [7, 11) is 4.06. The van der Waals surface area contributed by atoms with E-state index < -0.39 is 0 Å². The Labute approximate surface area is 175 Å². The third kappa shape index (κ3) is 7.86. The van der Waals surface area contributed by atoms with Crippen LogP contribution in [0.5, 0.6) is 5.75 Å². The van der Waals surface area contributed by atoms with Gasteiger partial charge in [-0.05, 0) is 63.4 Å². The third-order valence-corrected chi connectivity index (χ3v) is 5.27. The van der Waals surface area contributed by atoms with E-state index in [9.17, 15) is 4.79 Å². The van der Waals surface area contributed by atoms with Crippen LogP contribution in [-0.2, 0) is 11.3 Å². The third-order valence-electron chi connectivity index (χ3n) is 5.27. The number of benzene rings is 1. The van der Waals surface area contributed by atoms with Crippen LogP contribution in [0, 0.1) is 5.92 Å². The van der Waals surface area contributed by atoms with E-state index in [-0.39, 0.29) is 30.7 Å². The summed E-state index contributed by atoms with van der Waals surface area (Å²) in [6, 6.07) is 9.29. The van der Waals surface area contributed by atoms with E-state index in [0.29, 0.717) is 37.6 Å². The van der Waals surface area contributed by atoms with Crippen LogP contribution < -0.4 is 15.4 Å². The molecule has 1 amide bonds. The summed E-state index contributed by atoms with van der Waals surface area (Å²) < 4.78 is 5.69. The molecular weight excluding hydrogens is 385 g/mol. The highest BCUT2D eigenvalue weighted by Crippen LogP contribution is 2.32. The van der Waals surface area contributed by atoms with Crippen molar-refractivity contribution in [3.05, 3.63) is 29.8 Å². The average Bonchev–Trinajstić information content (AvgIpc) is 2.92. The second kappa shape index (κ2) is 11.7. The number of halogens is 2. The van der Waals surface area contributed by atoms with Crippen molar-refractivity contribution in [2.45, 2.75) is 50.7 Å². The van der Waals surface area contributed by atoms with Gasteiger partial charge in [0.1, 0.15) is 12.4 Å². The molecule has 154 valence electrons. The van der Waals surface area contributed by atoms with E-state index >= 15 is 0 Å². The minimum atomic E-state index is 0. The fourth-order valence-electron chi connectivity index (χ4n) is 3.93. The number of likely N-dealkylation sites (N-methyl/N-ethyl adjacent to an activating group) is 1. The number of carbonyl (C=O) groups excluding carboxylic acids is 1. The van der Waals surface area contributed by atoms with Crippen LogP contribution in [0.2, 0.25) is 0 Å². The molecule has 27 heavy (non-hydrogen) atoms. The predicted molar refractivity (Wildman–Crippen MR) is 114 cm³/mol. The van der Waals surface area contributed by atoms with E-state index in [1.807, 2.05) is 38.4 Å². The first-order valence-electron chi connectivity index (χ1n) is 9.47. The number of ether oxygens (including phenoxy) is 1. The summed E-state index contributed by atoms with van der Waals surface area (Å²) in [6.07, 6.45) is 5.55. The zero-order valence-electron chi connectivity index (χ0n) is 16.3. The Balaban J connectivity index is 0.00000182. The number of fused-ring (bicyclic) bond motifs is 2. The van der Waals surface area contributed by atoms with Gasteiger partial charge in [-0.1, -0.05) is 12.1 Å². The Kier molecular flexibility index (Phi) is 10.5. The van der Waals surface area contributed by atoms with E-state index in [1.54, 1.807) is 0 Å². The van der Waals surface area contributed by atoms with E-state index in [0.717, 1.165) is 30.7 Å². The van der Waals surface area contributed by atoms with Gasteiger partial charge < -0.3 is 20.3 Å². The number of hydrogen-bond acceptors (Lipinski definition) is 4. The average molecular weight is 418 g/mol. The number of piperidine rings is 1. The van der Waals surface area contributed by atoms with Crippen molar-refractivity contribution in [3.63, 3.8) is 0 Å². The highest BCUT2D eigenvalue weighted by Gasteiger charge is 2.34. The van der Waals surface area contributed by atoms with Gasteiger partial charge >= 0.3 is 0 Å². The molecule has 3 rings (SSSR count). The number of amides is 1. The number of hydrogen-bond donors (Lipinski definition) is 2.